The maximum absolute atomic E-state index is 12.6. The van der Waals surface area contributed by atoms with Crippen LogP contribution < -0.4 is 5.32 Å². The molecule has 6 heteroatoms. The second-order valence-electron chi connectivity index (χ2n) is 6.19. The SMILES string of the molecule is CC1CCCN(C(=O)c2cc(C(=O)NCc3ccco3)ccn2)C1. The first-order valence-corrected chi connectivity index (χ1v) is 8.19. The molecule has 1 saturated heterocycles. The number of likely N-dealkylation sites (tertiary alicyclic amines) is 1. The van der Waals surface area contributed by atoms with Crippen molar-refractivity contribution in [3.05, 3.63) is 53.7 Å². The zero-order valence-corrected chi connectivity index (χ0v) is 13.7. The van der Waals surface area contributed by atoms with Crippen LogP contribution in [0.4, 0.5) is 0 Å². The molecule has 2 amide bonds. The normalized spacial score (nSPS) is 17.5. The van der Waals surface area contributed by atoms with Gasteiger partial charge in [-0.3, -0.25) is 14.6 Å². The molecule has 0 bridgehead atoms. The number of rotatable bonds is 4. The van der Waals surface area contributed by atoms with E-state index >= 15 is 0 Å². The van der Waals surface area contributed by atoms with Crippen molar-refractivity contribution in [3.8, 4) is 0 Å². The molecule has 126 valence electrons. The number of pyridine rings is 1. The maximum Gasteiger partial charge on any atom is 0.272 e. The van der Waals surface area contributed by atoms with Crippen LogP contribution in [-0.4, -0.2) is 34.8 Å². The Labute approximate surface area is 140 Å². The molecule has 0 aliphatic carbocycles. The van der Waals surface area contributed by atoms with Crippen molar-refractivity contribution in [2.75, 3.05) is 13.1 Å². The smallest absolute Gasteiger partial charge is 0.272 e. The molecule has 24 heavy (non-hydrogen) atoms. The zero-order valence-electron chi connectivity index (χ0n) is 13.7. The van der Waals surface area contributed by atoms with Gasteiger partial charge in [-0.05, 0) is 43.0 Å². The van der Waals surface area contributed by atoms with Gasteiger partial charge in [-0.25, -0.2) is 0 Å². The fraction of sp³-hybridized carbons (Fsp3) is 0.389. The molecule has 6 nitrogen and oxygen atoms in total. The Morgan fingerprint density at radius 3 is 3.04 bits per heavy atom. The molecule has 1 fully saturated rings. The number of piperidine rings is 1. The Morgan fingerprint density at radius 1 is 1.42 bits per heavy atom. The first-order chi connectivity index (χ1) is 11.6. The minimum Gasteiger partial charge on any atom is -0.467 e. The van der Waals surface area contributed by atoms with Crippen molar-refractivity contribution in [3.63, 3.8) is 0 Å². The summed E-state index contributed by atoms with van der Waals surface area (Å²) >= 11 is 0. The van der Waals surface area contributed by atoms with E-state index in [-0.39, 0.29) is 11.8 Å². The fourth-order valence-electron chi connectivity index (χ4n) is 2.91. The highest BCUT2D eigenvalue weighted by molar-refractivity contribution is 5.98. The monoisotopic (exact) mass is 327 g/mol. The standard InChI is InChI=1S/C18H21N3O3/c1-13-4-2-8-21(12-13)18(23)16-10-14(6-7-19-16)17(22)20-11-15-5-3-9-24-15/h3,5-7,9-10,13H,2,4,8,11-12H2,1H3,(H,20,22). The van der Waals surface area contributed by atoms with Crippen molar-refractivity contribution < 1.29 is 14.0 Å². The molecule has 0 saturated carbocycles. The number of carbonyl (C=O) groups excluding carboxylic acids is 2. The molecular formula is C18H21N3O3. The quantitative estimate of drug-likeness (QED) is 0.936. The van der Waals surface area contributed by atoms with Gasteiger partial charge in [-0.2, -0.15) is 0 Å². The number of nitrogens with zero attached hydrogens (tertiary/aromatic N) is 2. The number of furan rings is 1. The summed E-state index contributed by atoms with van der Waals surface area (Å²) in [5.74, 6) is 0.815. The van der Waals surface area contributed by atoms with Gasteiger partial charge in [0.1, 0.15) is 11.5 Å². The number of hydrogen-bond acceptors (Lipinski definition) is 4. The van der Waals surface area contributed by atoms with E-state index in [0.717, 1.165) is 25.9 Å². The highest BCUT2D eigenvalue weighted by Crippen LogP contribution is 2.17. The van der Waals surface area contributed by atoms with Crippen LogP contribution in [0.1, 0.15) is 46.4 Å². The van der Waals surface area contributed by atoms with E-state index in [2.05, 4.69) is 17.2 Å². The average molecular weight is 327 g/mol. The Kier molecular flexibility index (Phi) is 4.93. The molecule has 3 heterocycles. The van der Waals surface area contributed by atoms with Crippen molar-refractivity contribution in [2.24, 2.45) is 5.92 Å². The third-order valence-corrected chi connectivity index (χ3v) is 4.19. The predicted molar refractivity (Wildman–Crippen MR) is 88.4 cm³/mol. The average Bonchev–Trinajstić information content (AvgIpc) is 3.12. The van der Waals surface area contributed by atoms with E-state index in [9.17, 15) is 9.59 Å². The minimum atomic E-state index is -0.255. The third kappa shape index (κ3) is 3.82. The first kappa shape index (κ1) is 16.2. The van der Waals surface area contributed by atoms with Crippen LogP contribution in [0.15, 0.2) is 41.1 Å². The molecule has 0 radical (unpaired) electrons. The number of amides is 2. The summed E-state index contributed by atoms with van der Waals surface area (Å²) in [4.78, 5) is 30.8. The topological polar surface area (TPSA) is 75.4 Å². The summed E-state index contributed by atoms with van der Waals surface area (Å²) in [6.07, 6.45) is 5.22. The van der Waals surface area contributed by atoms with Crippen molar-refractivity contribution in [2.45, 2.75) is 26.3 Å². The lowest BCUT2D eigenvalue weighted by molar-refractivity contribution is 0.0677. The van der Waals surface area contributed by atoms with Crippen LogP contribution >= 0.6 is 0 Å². The van der Waals surface area contributed by atoms with Gasteiger partial charge in [0, 0.05) is 24.8 Å². The fourth-order valence-corrected chi connectivity index (χ4v) is 2.91. The number of nitrogens with one attached hydrogen (secondary N) is 1. The molecule has 1 N–H and O–H groups in total. The summed E-state index contributed by atoms with van der Waals surface area (Å²) in [6, 6.07) is 6.72. The zero-order chi connectivity index (χ0) is 16.9. The van der Waals surface area contributed by atoms with E-state index in [4.69, 9.17) is 4.42 Å². The van der Waals surface area contributed by atoms with Crippen LogP contribution in [0.5, 0.6) is 0 Å². The lowest BCUT2D eigenvalue weighted by atomic mass is 10.00. The molecular weight excluding hydrogens is 306 g/mol. The lowest BCUT2D eigenvalue weighted by Gasteiger charge is -2.30. The van der Waals surface area contributed by atoms with Crippen molar-refractivity contribution >= 4 is 11.8 Å². The van der Waals surface area contributed by atoms with Crippen LogP contribution in [0.2, 0.25) is 0 Å². The minimum absolute atomic E-state index is 0.109. The van der Waals surface area contributed by atoms with Gasteiger partial charge >= 0.3 is 0 Å². The van der Waals surface area contributed by atoms with Crippen molar-refractivity contribution in [1.29, 1.82) is 0 Å². The molecule has 1 aliphatic heterocycles. The van der Waals surface area contributed by atoms with Gasteiger partial charge in [0.15, 0.2) is 0 Å². The van der Waals surface area contributed by atoms with Gasteiger partial charge in [-0.1, -0.05) is 6.92 Å². The second kappa shape index (κ2) is 7.29. The third-order valence-electron chi connectivity index (χ3n) is 4.19. The van der Waals surface area contributed by atoms with E-state index in [1.54, 1.807) is 30.5 Å². The van der Waals surface area contributed by atoms with Crippen LogP contribution in [0, 0.1) is 5.92 Å². The Balaban J connectivity index is 1.66. The molecule has 1 aliphatic rings. The van der Waals surface area contributed by atoms with Crippen LogP contribution in [0.3, 0.4) is 0 Å². The van der Waals surface area contributed by atoms with Gasteiger partial charge in [-0.15, -0.1) is 0 Å². The van der Waals surface area contributed by atoms with Crippen LogP contribution in [0.25, 0.3) is 0 Å². The molecule has 0 spiro atoms. The van der Waals surface area contributed by atoms with Gasteiger partial charge in [0.05, 0.1) is 12.8 Å². The molecule has 1 unspecified atom stereocenters. The van der Waals surface area contributed by atoms with Gasteiger partial charge in [0.2, 0.25) is 0 Å². The Hall–Kier alpha value is -2.63. The number of aromatic nitrogens is 1. The molecule has 3 rings (SSSR count). The molecule has 1 atom stereocenters. The highest BCUT2D eigenvalue weighted by Gasteiger charge is 2.23. The summed E-state index contributed by atoms with van der Waals surface area (Å²) in [7, 11) is 0. The first-order valence-electron chi connectivity index (χ1n) is 8.19. The lowest BCUT2D eigenvalue weighted by Crippen LogP contribution is -2.39. The van der Waals surface area contributed by atoms with E-state index < -0.39 is 0 Å². The van der Waals surface area contributed by atoms with Gasteiger partial charge < -0.3 is 14.6 Å². The summed E-state index contributed by atoms with van der Waals surface area (Å²) < 4.78 is 5.18. The number of hydrogen-bond donors (Lipinski definition) is 1. The summed E-state index contributed by atoms with van der Waals surface area (Å²) in [5, 5.41) is 2.77. The Morgan fingerprint density at radius 2 is 2.29 bits per heavy atom. The van der Waals surface area contributed by atoms with Gasteiger partial charge in [0.25, 0.3) is 11.8 Å². The highest BCUT2D eigenvalue weighted by atomic mass is 16.3. The largest absolute Gasteiger partial charge is 0.467 e. The predicted octanol–water partition coefficient (Wildman–Crippen LogP) is 2.48. The molecule has 2 aromatic rings. The number of carbonyl (C=O) groups is 2. The molecule has 0 aromatic carbocycles. The Bertz CT molecular complexity index is 712. The van der Waals surface area contributed by atoms with E-state index in [0.29, 0.717) is 29.5 Å². The maximum atomic E-state index is 12.6. The molecule has 2 aromatic heterocycles. The summed E-state index contributed by atoms with van der Waals surface area (Å²) in [5.41, 5.74) is 0.736. The van der Waals surface area contributed by atoms with Crippen LogP contribution in [-0.2, 0) is 6.54 Å². The summed E-state index contributed by atoms with van der Waals surface area (Å²) in [6.45, 7) is 3.95. The van der Waals surface area contributed by atoms with E-state index in [1.165, 1.54) is 6.20 Å². The van der Waals surface area contributed by atoms with Crippen molar-refractivity contribution in [1.82, 2.24) is 15.2 Å². The van der Waals surface area contributed by atoms with E-state index in [1.807, 2.05) is 4.90 Å². The second-order valence-corrected chi connectivity index (χ2v) is 6.19.